The van der Waals surface area contributed by atoms with E-state index in [1.165, 1.54) is 25.7 Å². The van der Waals surface area contributed by atoms with E-state index in [2.05, 4.69) is 32.9 Å². The maximum Gasteiger partial charge on any atom is 0.101 e. The van der Waals surface area contributed by atoms with E-state index >= 15 is 0 Å². The molecule has 1 spiro atoms. The van der Waals surface area contributed by atoms with Crippen molar-refractivity contribution in [1.29, 1.82) is 0 Å². The van der Waals surface area contributed by atoms with Crippen LogP contribution in [0.2, 0.25) is 0 Å². The summed E-state index contributed by atoms with van der Waals surface area (Å²) in [6.45, 7) is 7.93. The van der Waals surface area contributed by atoms with E-state index in [9.17, 15) is 10.2 Å². The van der Waals surface area contributed by atoms with Crippen LogP contribution in [0, 0.1) is 45.8 Å². The summed E-state index contributed by atoms with van der Waals surface area (Å²) in [5.74, 6) is 2.31. The van der Waals surface area contributed by atoms with E-state index in [1.54, 1.807) is 0 Å². The van der Waals surface area contributed by atoms with Gasteiger partial charge in [0.15, 0.2) is 0 Å². The van der Waals surface area contributed by atoms with Gasteiger partial charge in [-0.15, -0.1) is 0 Å². The molecule has 0 radical (unpaired) electrons. The molecule has 5 aliphatic carbocycles. The summed E-state index contributed by atoms with van der Waals surface area (Å²) in [6.07, 6.45) is 7.69. The molecule has 5 saturated carbocycles. The number of methoxy groups -OCH3 is 1. The number of aliphatic hydroxyl groups is 2. The highest BCUT2D eigenvalue weighted by Crippen LogP contribution is 2.82. The number of hydrogen-bond donors (Lipinski definition) is 2. The molecule has 4 nitrogen and oxygen atoms in total. The van der Waals surface area contributed by atoms with E-state index < -0.39 is 11.7 Å². The van der Waals surface area contributed by atoms with Crippen molar-refractivity contribution < 1.29 is 19.7 Å². The Morgan fingerprint density at radius 3 is 2.47 bits per heavy atom. The van der Waals surface area contributed by atoms with Gasteiger partial charge in [-0.1, -0.05) is 51.1 Å². The van der Waals surface area contributed by atoms with Crippen LogP contribution < -0.4 is 0 Å². The molecule has 188 valence electrons. The fourth-order valence-corrected chi connectivity index (χ4v) is 10.6. The molecule has 5 fully saturated rings. The van der Waals surface area contributed by atoms with Gasteiger partial charge in [0.2, 0.25) is 0 Å². The van der Waals surface area contributed by atoms with Crippen molar-refractivity contribution in [1.82, 2.24) is 0 Å². The van der Waals surface area contributed by atoms with Crippen molar-refractivity contribution in [2.75, 3.05) is 13.7 Å². The molecule has 34 heavy (non-hydrogen) atoms. The smallest absolute Gasteiger partial charge is 0.101 e. The minimum absolute atomic E-state index is 0.124. The maximum atomic E-state index is 12.2. The molecule has 2 N–H and O–H groups in total. The lowest BCUT2D eigenvalue weighted by molar-refractivity contribution is -0.208. The summed E-state index contributed by atoms with van der Waals surface area (Å²) in [6, 6.07) is 10.2. The molecule has 4 heteroatoms. The monoisotopic (exact) mass is 468 g/mol. The first-order valence-corrected chi connectivity index (χ1v) is 13.8. The van der Waals surface area contributed by atoms with Crippen molar-refractivity contribution in [3.63, 3.8) is 0 Å². The molecule has 0 aromatic heterocycles. The van der Waals surface area contributed by atoms with E-state index in [1.807, 2.05) is 25.3 Å². The van der Waals surface area contributed by atoms with Crippen LogP contribution in [0.5, 0.6) is 0 Å². The average Bonchev–Trinajstić information content (AvgIpc) is 3.43. The Hall–Kier alpha value is -0.940. The quantitative estimate of drug-likeness (QED) is 0.602. The van der Waals surface area contributed by atoms with Crippen LogP contribution in [0.1, 0.15) is 71.3 Å². The summed E-state index contributed by atoms with van der Waals surface area (Å²) < 4.78 is 12.3. The number of hydrogen-bond acceptors (Lipinski definition) is 4. The third kappa shape index (κ3) is 2.80. The van der Waals surface area contributed by atoms with E-state index in [4.69, 9.17) is 9.47 Å². The Kier molecular flexibility index (Phi) is 5.37. The zero-order chi connectivity index (χ0) is 23.9. The van der Waals surface area contributed by atoms with Crippen LogP contribution in [0.4, 0.5) is 0 Å². The molecule has 11 atom stereocenters. The number of benzene rings is 1. The fourth-order valence-electron chi connectivity index (χ4n) is 10.6. The van der Waals surface area contributed by atoms with Gasteiger partial charge < -0.3 is 19.7 Å². The van der Waals surface area contributed by atoms with Gasteiger partial charge in [0.05, 0.1) is 25.4 Å². The lowest BCUT2D eigenvalue weighted by Crippen LogP contribution is -2.62. The van der Waals surface area contributed by atoms with E-state index in [-0.39, 0.29) is 11.3 Å². The Morgan fingerprint density at radius 2 is 1.76 bits per heavy atom. The number of aliphatic hydroxyl groups excluding tert-OH is 1. The summed E-state index contributed by atoms with van der Waals surface area (Å²) in [4.78, 5) is 0. The van der Waals surface area contributed by atoms with Crippen LogP contribution in [0.25, 0.3) is 0 Å². The third-order valence-corrected chi connectivity index (χ3v) is 12.3. The van der Waals surface area contributed by atoms with Gasteiger partial charge in [-0.25, -0.2) is 0 Å². The molecule has 1 aromatic carbocycles. The lowest BCUT2D eigenvalue weighted by atomic mass is 9.44. The van der Waals surface area contributed by atoms with Crippen LogP contribution >= 0.6 is 0 Å². The molecular weight excluding hydrogens is 424 g/mol. The van der Waals surface area contributed by atoms with Gasteiger partial charge >= 0.3 is 0 Å². The van der Waals surface area contributed by atoms with Gasteiger partial charge in [-0.3, -0.25) is 0 Å². The molecular formula is C30H44O4. The second kappa shape index (κ2) is 7.78. The normalized spacial score (nSPS) is 51.8. The summed E-state index contributed by atoms with van der Waals surface area (Å²) in [5.41, 5.74) is 0.504. The summed E-state index contributed by atoms with van der Waals surface area (Å²) >= 11 is 0. The number of rotatable bonds is 6. The zero-order valence-electron chi connectivity index (χ0n) is 21.5. The second-order valence-electron chi connectivity index (χ2n) is 13.2. The van der Waals surface area contributed by atoms with Crippen molar-refractivity contribution in [3.05, 3.63) is 35.9 Å². The first-order valence-electron chi connectivity index (χ1n) is 13.8. The van der Waals surface area contributed by atoms with Gasteiger partial charge in [0.1, 0.15) is 5.60 Å². The minimum Gasteiger partial charge on any atom is -0.390 e. The van der Waals surface area contributed by atoms with Gasteiger partial charge in [-0.05, 0) is 79.6 Å². The Labute approximate surface area is 205 Å². The largest absolute Gasteiger partial charge is 0.390 e. The Bertz CT molecular complexity index is 920. The van der Waals surface area contributed by atoms with Gasteiger partial charge in [0, 0.05) is 23.9 Å². The van der Waals surface area contributed by atoms with Gasteiger partial charge in [0.25, 0.3) is 0 Å². The van der Waals surface area contributed by atoms with Crippen LogP contribution in [0.3, 0.4) is 0 Å². The molecule has 0 aliphatic heterocycles. The summed E-state index contributed by atoms with van der Waals surface area (Å²) in [7, 11) is 1.92. The predicted octanol–water partition coefficient (Wildman–Crippen LogP) is 5.21. The Morgan fingerprint density at radius 1 is 1.03 bits per heavy atom. The van der Waals surface area contributed by atoms with Crippen LogP contribution in [0.15, 0.2) is 30.3 Å². The van der Waals surface area contributed by atoms with E-state index in [0.29, 0.717) is 54.3 Å². The number of fused-ring (bicyclic) bond motifs is 4. The first kappa shape index (κ1) is 23.5. The second-order valence-corrected chi connectivity index (χ2v) is 13.2. The summed E-state index contributed by atoms with van der Waals surface area (Å²) in [5, 5.41) is 23.7. The van der Waals surface area contributed by atoms with Crippen LogP contribution in [-0.2, 0) is 16.1 Å². The molecule has 0 heterocycles. The SMILES string of the molecule is CO[C@@H]1C[C@H]2[C@@H]3C[C@H](O)[C@](O)([C@H](C)COCc4ccccc4)[C@@]3(C)CC[C@@H]2[C@@]2(C)CC[C@H]3C[C@@]312. The molecule has 0 saturated heterocycles. The molecule has 0 unspecified atom stereocenters. The van der Waals surface area contributed by atoms with Crippen molar-refractivity contribution in [3.8, 4) is 0 Å². The van der Waals surface area contributed by atoms with Crippen molar-refractivity contribution in [2.24, 2.45) is 45.8 Å². The topological polar surface area (TPSA) is 58.9 Å². The van der Waals surface area contributed by atoms with Crippen molar-refractivity contribution >= 4 is 0 Å². The Balaban J connectivity index is 1.24. The van der Waals surface area contributed by atoms with Gasteiger partial charge in [-0.2, -0.15) is 0 Å². The molecule has 5 aliphatic rings. The number of ether oxygens (including phenoxy) is 2. The maximum absolute atomic E-state index is 12.2. The third-order valence-electron chi connectivity index (χ3n) is 12.3. The lowest BCUT2D eigenvalue weighted by Gasteiger charge is -2.61. The fraction of sp³-hybridized carbons (Fsp3) is 0.800. The molecule has 6 rings (SSSR count). The average molecular weight is 469 g/mol. The minimum atomic E-state index is -1.12. The standard InChI is InChI=1S/C30H44O4/c1-19(17-34-18-20-8-6-5-7-9-20)30(32)25(31)15-24-22-14-26(33-4)29-16-21(29)10-12-27(29,2)23(22)11-13-28(24,30)3/h5-9,19,21-26,31-32H,10-18H2,1-4H3/t19-,21+,22-,23+,24+,25+,26-,27-,28+,29-,30-/m1/s1. The molecule has 1 aromatic rings. The predicted molar refractivity (Wildman–Crippen MR) is 132 cm³/mol. The molecule has 0 bridgehead atoms. The highest BCUT2D eigenvalue weighted by Gasteiger charge is 2.78. The molecule has 0 amide bonds. The highest BCUT2D eigenvalue weighted by molar-refractivity contribution is 5.27. The first-order chi connectivity index (χ1) is 16.2. The van der Waals surface area contributed by atoms with Crippen LogP contribution in [-0.4, -0.2) is 41.7 Å². The zero-order valence-corrected chi connectivity index (χ0v) is 21.5. The highest BCUT2D eigenvalue weighted by atomic mass is 16.5. The van der Waals surface area contributed by atoms with Crippen molar-refractivity contribution in [2.45, 2.75) is 90.1 Å². The van der Waals surface area contributed by atoms with E-state index in [0.717, 1.165) is 24.3 Å².